The van der Waals surface area contributed by atoms with E-state index < -0.39 is 7.92 Å². The van der Waals surface area contributed by atoms with E-state index in [2.05, 4.69) is 115 Å². The molecule has 0 N–H and O–H groups in total. The molecule has 0 bridgehead atoms. The Morgan fingerprint density at radius 3 is 1.46 bits per heavy atom. The molecule has 0 spiro atoms. The van der Waals surface area contributed by atoms with Crippen LogP contribution < -0.4 is 26.5 Å². The first-order valence-corrected chi connectivity index (χ1v) is 11.1. The molecular formula is C24H20P2. The molecule has 0 fully saturated rings. The zero-order valence-corrected chi connectivity index (χ0v) is 16.3. The quantitative estimate of drug-likeness (QED) is 0.465. The van der Waals surface area contributed by atoms with Gasteiger partial charge in [-0.2, -0.15) is 0 Å². The highest BCUT2D eigenvalue weighted by molar-refractivity contribution is 7.79. The molecule has 1 unspecified atom stereocenters. The molecule has 4 aromatic rings. The van der Waals surface area contributed by atoms with Crippen molar-refractivity contribution >= 4 is 43.0 Å². The lowest BCUT2D eigenvalue weighted by Crippen LogP contribution is -2.22. The summed E-state index contributed by atoms with van der Waals surface area (Å²) >= 11 is 0. The third-order valence-electron chi connectivity index (χ3n) is 4.20. The van der Waals surface area contributed by atoms with Crippen LogP contribution in [0.5, 0.6) is 0 Å². The Hall–Kier alpha value is -2.26. The third-order valence-corrected chi connectivity index (χ3v) is 7.84. The van der Waals surface area contributed by atoms with Gasteiger partial charge in [0.25, 0.3) is 0 Å². The highest BCUT2D eigenvalue weighted by Gasteiger charge is 2.16. The van der Waals surface area contributed by atoms with Crippen molar-refractivity contribution in [1.82, 2.24) is 0 Å². The van der Waals surface area contributed by atoms with E-state index in [-0.39, 0.29) is 0 Å². The summed E-state index contributed by atoms with van der Waals surface area (Å²) in [6.07, 6.45) is 0. The van der Waals surface area contributed by atoms with Gasteiger partial charge in [0.05, 0.1) is 0 Å². The second-order valence-electron chi connectivity index (χ2n) is 6.05. The molecule has 1 atom stereocenters. The van der Waals surface area contributed by atoms with Gasteiger partial charge < -0.3 is 0 Å². The van der Waals surface area contributed by atoms with Gasteiger partial charge in [-0.25, -0.2) is 0 Å². The molecule has 26 heavy (non-hydrogen) atoms. The average molecular weight is 370 g/mol. The minimum atomic E-state index is -0.532. The fourth-order valence-electron chi connectivity index (χ4n) is 3.01. The first kappa shape index (κ1) is 17.2. The van der Waals surface area contributed by atoms with E-state index in [4.69, 9.17) is 0 Å². The van der Waals surface area contributed by atoms with Crippen LogP contribution in [0.3, 0.4) is 0 Å². The van der Waals surface area contributed by atoms with E-state index in [1.54, 1.807) is 0 Å². The maximum Gasteiger partial charge on any atom is -0.0134 e. The summed E-state index contributed by atoms with van der Waals surface area (Å²) in [5.74, 6) is 0. The molecule has 126 valence electrons. The van der Waals surface area contributed by atoms with Gasteiger partial charge in [-0.05, 0) is 40.5 Å². The summed E-state index contributed by atoms with van der Waals surface area (Å²) in [5.41, 5.74) is 0. The summed E-state index contributed by atoms with van der Waals surface area (Å²) in [5, 5.41) is 6.99. The molecule has 4 aromatic carbocycles. The van der Waals surface area contributed by atoms with E-state index >= 15 is 0 Å². The van der Waals surface area contributed by atoms with Gasteiger partial charge >= 0.3 is 0 Å². The first-order chi connectivity index (χ1) is 12.9. The molecule has 0 amide bonds. The van der Waals surface area contributed by atoms with E-state index in [0.29, 0.717) is 8.58 Å². The molecule has 0 nitrogen and oxygen atoms in total. The fourth-order valence-corrected chi connectivity index (χ4v) is 6.57. The first-order valence-electron chi connectivity index (χ1n) is 8.72. The lowest BCUT2D eigenvalue weighted by molar-refractivity contribution is 1.75. The number of benzene rings is 4. The van der Waals surface area contributed by atoms with Crippen molar-refractivity contribution in [2.75, 3.05) is 0 Å². The minimum absolute atomic E-state index is 0.532. The van der Waals surface area contributed by atoms with Crippen LogP contribution in [-0.2, 0) is 0 Å². The Morgan fingerprint density at radius 1 is 0.423 bits per heavy atom. The summed E-state index contributed by atoms with van der Waals surface area (Å²) in [4.78, 5) is 0. The lowest BCUT2D eigenvalue weighted by atomic mass is 10.3. The molecular weight excluding hydrogens is 350 g/mol. The predicted molar refractivity (Wildman–Crippen MR) is 119 cm³/mol. The second-order valence-corrected chi connectivity index (χ2v) is 9.67. The molecule has 0 aliphatic carbocycles. The molecule has 0 aromatic heterocycles. The maximum absolute atomic E-state index is 2.40. The van der Waals surface area contributed by atoms with E-state index in [1.165, 1.54) is 26.5 Å². The second kappa shape index (κ2) is 8.41. The van der Waals surface area contributed by atoms with Crippen molar-refractivity contribution in [2.45, 2.75) is 0 Å². The summed E-state index contributed by atoms with van der Waals surface area (Å²) in [7, 11) is 0.159. The van der Waals surface area contributed by atoms with E-state index in [1.807, 2.05) is 0 Å². The van der Waals surface area contributed by atoms with Crippen molar-refractivity contribution in [3.63, 3.8) is 0 Å². The zero-order chi connectivity index (χ0) is 17.6. The highest BCUT2D eigenvalue weighted by Crippen LogP contribution is 2.32. The van der Waals surface area contributed by atoms with Gasteiger partial charge in [0, 0.05) is 0 Å². The van der Waals surface area contributed by atoms with Crippen molar-refractivity contribution in [1.29, 1.82) is 0 Å². The van der Waals surface area contributed by atoms with Crippen LogP contribution in [0.15, 0.2) is 115 Å². The highest BCUT2D eigenvalue weighted by atomic mass is 31.1. The molecule has 2 heteroatoms. The Kier molecular flexibility index (Phi) is 5.56. The minimum Gasteiger partial charge on any atom is -0.0622 e. The summed E-state index contributed by atoms with van der Waals surface area (Å²) in [6.45, 7) is 0. The van der Waals surface area contributed by atoms with Crippen LogP contribution >= 0.6 is 16.5 Å². The van der Waals surface area contributed by atoms with Gasteiger partial charge in [-0.15, -0.1) is 0 Å². The Morgan fingerprint density at radius 2 is 0.885 bits per heavy atom. The average Bonchev–Trinajstić information content (AvgIpc) is 2.71. The van der Waals surface area contributed by atoms with Gasteiger partial charge in [0.2, 0.25) is 0 Å². The Labute approximate surface area is 158 Å². The number of rotatable bonds is 5. The predicted octanol–water partition coefficient (Wildman–Crippen LogP) is 4.07. The standard InChI is InChI=1S/C24H20P2/c1-4-11-20(12-5-1)25-21-13-10-18-24(19-21)26(22-14-6-2-7-15-22)23-16-8-3-9-17-23/h1-19,25H. The Balaban J connectivity index is 1.73. The van der Waals surface area contributed by atoms with Crippen LogP contribution in [0.2, 0.25) is 0 Å². The van der Waals surface area contributed by atoms with Crippen molar-refractivity contribution in [2.24, 2.45) is 0 Å². The number of hydrogen-bond donors (Lipinski definition) is 0. The summed E-state index contributed by atoms with van der Waals surface area (Å²) in [6, 6.07) is 41.6. The van der Waals surface area contributed by atoms with E-state index in [0.717, 1.165) is 0 Å². The van der Waals surface area contributed by atoms with Gasteiger partial charge in [-0.1, -0.05) is 118 Å². The van der Waals surface area contributed by atoms with Crippen LogP contribution in [0.25, 0.3) is 0 Å². The smallest absolute Gasteiger partial charge is 0.0134 e. The van der Waals surface area contributed by atoms with Crippen LogP contribution in [-0.4, -0.2) is 0 Å². The zero-order valence-electron chi connectivity index (χ0n) is 14.4. The molecule has 0 radical (unpaired) electrons. The molecule has 0 saturated carbocycles. The molecule has 0 aliphatic rings. The number of hydrogen-bond acceptors (Lipinski definition) is 0. The van der Waals surface area contributed by atoms with Gasteiger partial charge in [0.15, 0.2) is 0 Å². The van der Waals surface area contributed by atoms with Crippen LogP contribution in [0.1, 0.15) is 0 Å². The monoisotopic (exact) mass is 370 g/mol. The van der Waals surface area contributed by atoms with Gasteiger partial charge in [-0.3, -0.25) is 0 Å². The van der Waals surface area contributed by atoms with Crippen molar-refractivity contribution in [3.8, 4) is 0 Å². The molecule has 0 heterocycles. The normalized spacial score (nSPS) is 11.3. The SMILES string of the molecule is c1ccc(Pc2cccc(P(c3ccccc3)c3ccccc3)c2)cc1. The van der Waals surface area contributed by atoms with Crippen LogP contribution in [0, 0.1) is 0 Å². The van der Waals surface area contributed by atoms with Crippen LogP contribution in [0.4, 0.5) is 0 Å². The largest absolute Gasteiger partial charge is 0.0622 e. The van der Waals surface area contributed by atoms with Crippen molar-refractivity contribution < 1.29 is 0 Å². The Bertz CT molecular complexity index is 911. The molecule has 0 aliphatic heterocycles. The third kappa shape index (κ3) is 4.10. The van der Waals surface area contributed by atoms with Gasteiger partial charge in [0.1, 0.15) is 0 Å². The van der Waals surface area contributed by atoms with Crippen molar-refractivity contribution in [3.05, 3.63) is 115 Å². The topological polar surface area (TPSA) is 0 Å². The molecule has 4 rings (SSSR count). The van der Waals surface area contributed by atoms with E-state index in [9.17, 15) is 0 Å². The lowest BCUT2D eigenvalue weighted by Gasteiger charge is -2.20. The summed E-state index contributed by atoms with van der Waals surface area (Å²) < 4.78 is 0. The molecule has 0 saturated heterocycles. The maximum atomic E-state index is 2.40. The fraction of sp³-hybridized carbons (Fsp3) is 0.